The van der Waals surface area contributed by atoms with Gasteiger partial charge in [-0.05, 0) is 73.2 Å². The summed E-state index contributed by atoms with van der Waals surface area (Å²) in [5.74, 6) is 0.732. The predicted octanol–water partition coefficient (Wildman–Crippen LogP) is 4.86. The highest BCUT2D eigenvalue weighted by molar-refractivity contribution is 7.92. The molecule has 0 bridgehead atoms. The second-order valence-corrected chi connectivity index (χ2v) is 12.5. The van der Waals surface area contributed by atoms with Crippen LogP contribution in [0.15, 0.2) is 79.3 Å². The molecule has 0 radical (unpaired) electrons. The molecule has 3 N–H and O–H groups in total. The van der Waals surface area contributed by atoms with Gasteiger partial charge in [-0.25, -0.2) is 18.2 Å². The maximum absolute atomic E-state index is 13.8. The molecule has 0 saturated heterocycles. The number of aromatic nitrogens is 3. The van der Waals surface area contributed by atoms with Gasteiger partial charge in [-0.2, -0.15) is 10.4 Å². The Morgan fingerprint density at radius 2 is 1.81 bits per heavy atom. The number of amides is 2. The van der Waals surface area contributed by atoms with Crippen LogP contribution in [0.4, 0.5) is 22.0 Å². The minimum absolute atomic E-state index is 0.0190. The van der Waals surface area contributed by atoms with E-state index in [1.807, 2.05) is 60.7 Å². The summed E-state index contributed by atoms with van der Waals surface area (Å²) in [4.78, 5) is 19.9. The largest absolute Gasteiger partial charge is 0.367 e. The molecule has 2 amide bonds. The molecule has 5 rings (SSSR count). The summed E-state index contributed by atoms with van der Waals surface area (Å²) in [6.45, 7) is 0.240. The predicted molar refractivity (Wildman–Crippen MR) is 167 cm³/mol. The lowest BCUT2D eigenvalue weighted by atomic mass is 9.89. The normalized spacial score (nSPS) is 16.6. The summed E-state index contributed by atoms with van der Waals surface area (Å²) in [6, 6.07) is 20.5. The number of carbonyl (C=O) groups is 1. The number of hydrogen-bond donors (Lipinski definition) is 3. The van der Waals surface area contributed by atoms with E-state index in [9.17, 15) is 13.2 Å². The number of sulfonamides is 1. The van der Waals surface area contributed by atoms with Crippen LogP contribution in [0.25, 0.3) is 11.1 Å². The van der Waals surface area contributed by atoms with Crippen molar-refractivity contribution in [3.8, 4) is 17.2 Å². The van der Waals surface area contributed by atoms with Crippen molar-refractivity contribution in [1.82, 2.24) is 20.1 Å². The highest BCUT2D eigenvalue weighted by Gasteiger charge is 2.30. The van der Waals surface area contributed by atoms with E-state index < -0.39 is 10.0 Å². The molecule has 2 aromatic heterocycles. The van der Waals surface area contributed by atoms with Crippen LogP contribution >= 0.6 is 0 Å². The minimum Gasteiger partial charge on any atom is -0.367 e. The Kier molecular flexibility index (Phi) is 8.92. The maximum Gasteiger partial charge on any atom is 0.322 e. The number of anilines is 3. The minimum atomic E-state index is -3.41. The first-order chi connectivity index (χ1) is 20.7. The molecule has 11 nitrogen and oxygen atoms in total. The summed E-state index contributed by atoms with van der Waals surface area (Å²) in [6.07, 6.45) is 9.70. The molecular weight excluding hydrogens is 564 g/mol. The van der Waals surface area contributed by atoms with E-state index in [1.165, 1.54) is 0 Å². The van der Waals surface area contributed by atoms with Crippen LogP contribution < -0.4 is 20.3 Å². The van der Waals surface area contributed by atoms with Crippen molar-refractivity contribution in [1.29, 1.82) is 5.26 Å². The number of hydrogen-bond acceptors (Lipinski definition) is 7. The van der Waals surface area contributed by atoms with Crippen molar-refractivity contribution in [3.63, 3.8) is 0 Å². The fourth-order valence-electron chi connectivity index (χ4n) is 5.33. The Labute approximate surface area is 251 Å². The molecule has 0 unspecified atom stereocenters. The first kappa shape index (κ1) is 29.6. The lowest BCUT2D eigenvalue weighted by Crippen LogP contribution is -2.48. The zero-order valence-electron chi connectivity index (χ0n) is 24.1. The molecule has 0 spiro atoms. The Bertz CT molecular complexity index is 1700. The fourth-order valence-corrected chi connectivity index (χ4v) is 5.89. The Hall–Kier alpha value is -4.89. The molecular formula is C31H34N8O3S. The van der Waals surface area contributed by atoms with E-state index in [-0.39, 0.29) is 24.7 Å². The van der Waals surface area contributed by atoms with E-state index in [4.69, 9.17) is 5.26 Å². The number of urea groups is 1. The number of carbonyl (C=O) groups excluding carboxylic acids is 1. The van der Waals surface area contributed by atoms with Gasteiger partial charge in [0.2, 0.25) is 10.0 Å². The van der Waals surface area contributed by atoms with Crippen LogP contribution in [0, 0.1) is 11.3 Å². The summed E-state index contributed by atoms with van der Waals surface area (Å²) >= 11 is 0. The molecule has 1 aliphatic rings. The topological polar surface area (TPSA) is 145 Å². The number of benzene rings is 2. The highest BCUT2D eigenvalue weighted by Crippen LogP contribution is 2.31. The summed E-state index contributed by atoms with van der Waals surface area (Å²) in [7, 11) is -1.54. The lowest BCUT2D eigenvalue weighted by Gasteiger charge is -2.37. The standard InChI is InChI=1S/C31H34N8O3S/c1-38-21-25(20-35-38)24-7-11-28(12-8-24)39(31(40)34-18-22-4-3-5-27(16-22)37-43(2,41)42)29-13-9-26(10-14-29)36-30-15-6-23(17-32)19-33-30/h3-8,11-12,15-16,19-21,26,29,37H,9-10,13-14,18H2,1-2H3,(H,33,36)(H,34,40). The number of rotatable bonds is 9. The van der Waals surface area contributed by atoms with E-state index in [2.05, 4.69) is 31.5 Å². The smallest absolute Gasteiger partial charge is 0.322 e. The van der Waals surface area contributed by atoms with Crippen molar-refractivity contribution in [3.05, 3.63) is 90.4 Å². The third-order valence-electron chi connectivity index (χ3n) is 7.38. The lowest BCUT2D eigenvalue weighted by molar-refractivity contribution is 0.240. The number of nitrogens with one attached hydrogen (secondary N) is 3. The van der Waals surface area contributed by atoms with Gasteiger partial charge in [-0.3, -0.25) is 14.3 Å². The third kappa shape index (κ3) is 7.90. The SMILES string of the molecule is Cn1cc(-c2ccc(N(C(=O)NCc3cccc(NS(C)(=O)=O)c3)C3CCC(Nc4ccc(C#N)cn4)CC3)cc2)cn1. The maximum atomic E-state index is 13.8. The van der Waals surface area contributed by atoms with Gasteiger partial charge in [0, 0.05) is 55.0 Å². The Balaban J connectivity index is 1.30. The van der Waals surface area contributed by atoms with Crippen molar-refractivity contribution < 1.29 is 13.2 Å². The van der Waals surface area contributed by atoms with Crippen LogP contribution in [0.1, 0.15) is 36.8 Å². The molecule has 0 aliphatic heterocycles. The second-order valence-electron chi connectivity index (χ2n) is 10.7. The Morgan fingerprint density at radius 1 is 1.05 bits per heavy atom. The average Bonchev–Trinajstić information content (AvgIpc) is 3.43. The van der Waals surface area contributed by atoms with Gasteiger partial charge >= 0.3 is 6.03 Å². The first-order valence-corrected chi connectivity index (χ1v) is 15.9. The molecule has 43 heavy (non-hydrogen) atoms. The molecule has 2 aromatic carbocycles. The van der Waals surface area contributed by atoms with Crippen LogP contribution in [-0.2, 0) is 23.6 Å². The summed E-state index contributed by atoms with van der Waals surface area (Å²) in [5.41, 5.74) is 4.54. The van der Waals surface area contributed by atoms with Crippen molar-refractivity contribution in [2.45, 2.75) is 44.3 Å². The molecule has 1 fully saturated rings. The second kappa shape index (κ2) is 13.0. The molecule has 2 heterocycles. The Morgan fingerprint density at radius 3 is 2.44 bits per heavy atom. The molecule has 1 aliphatic carbocycles. The van der Waals surface area contributed by atoms with Gasteiger partial charge < -0.3 is 10.6 Å². The number of pyridine rings is 1. The van der Waals surface area contributed by atoms with Crippen LogP contribution in [0.3, 0.4) is 0 Å². The van der Waals surface area contributed by atoms with Crippen LogP contribution in [-0.4, -0.2) is 47.6 Å². The number of nitrogens with zero attached hydrogens (tertiary/aromatic N) is 5. The molecule has 12 heteroatoms. The van der Waals surface area contributed by atoms with E-state index in [0.29, 0.717) is 11.3 Å². The van der Waals surface area contributed by atoms with E-state index in [1.54, 1.807) is 35.1 Å². The van der Waals surface area contributed by atoms with Gasteiger partial charge in [0.25, 0.3) is 0 Å². The van der Waals surface area contributed by atoms with Gasteiger partial charge in [-0.15, -0.1) is 0 Å². The third-order valence-corrected chi connectivity index (χ3v) is 7.99. The molecule has 0 atom stereocenters. The van der Waals surface area contributed by atoms with Crippen molar-refractivity contribution >= 4 is 33.2 Å². The van der Waals surface area contributed by atoms with Crippen LogP contribution in [0.2, 0.25) is 0 Å². The quantitative estimate of drug-likeness (QED) is 0.249. The molecule has 222 valence electrons. The van der Waals surface area contributed by atoms with E-state index >= 15 is 0 Å². The van der Waals surface area contributed by atoms with E-state index in [0.717, 1.165) is 60.1 Å². The summed E-state index contributed by atoms with van der Waals surface area (Å²) < 4.78 is 27.5. The number of aryl methyl sites for hydroxylation is 1. The molecule has 1 saturated carbocycles. The zero-order valence-corrected chi connectivity index (χ0v) is 24.9. The van der Waals surface area contributed by atoms with Gasteiger partial charge in [0.15, 0.2) is 0 Å². The fraction of sp³-hybridized carbons (Fsp3) is 0.290. The van der Waals surface area contributed by atoms with Gasteiger partial charge in [0.05, 0.1) is 18.0 Å². The van der Waals surface area contributed by atoms with Gasteiger partial charge in [-0.1, -0.05) is 24.3 Å². The monoisotopic (exact) mass is 598 g/mol. The zero-order chi connectivity index (χ0) is 30.4. The molecule has 4 aromatic rings. The van der Waals surface area contributed by atoms with Gasteiger partial charge in [0.1, 0.15) is 11.9 Å². The first-order valence-electron chi connectivity index (χ1n) is 14.0. The van der Waals surface area contributed by atoms with Crippen LogP contribution in [0.5, 0.6) is 0 Å². The average molecular weight is 599 g/mol. The highest BCUT2D eigenvalue weighted by atomic mass is 32.2. The number of nitriles is 1. The summed E-state index contributed by atoms with van der Waals surface area (Å²) in [5, 5.41) is 19.8. The van der Waals surface area contributed by atoms with Crippen molar-refractivity contribution in [2.75, 3.05) is 21.2 Å². The van der Waals surface area contributed by atoms with Crippen molar-refractivity contribution in [2.24, 2.45) is 7.05 Å².